The van der Waals surface area contributed by atoms with Gasteiger partial charge in [-0.05, 0) is 41.6 Å². The van der Waals surface area contributed by atoms with Crippen molar-refractivity contribution < 1.29 is 4.79 Å². The van der Waals surface area contributed by atoms with Crippen molar-refractivity contribution in [1.29, 1.82) is 0 Å². The van der Waals surface area contributed by atoms with Gasteiger partial charge >= 0.3 is 0 Å². The van der Waals surface area contributed by atoms with Crippen LogP contribution < -0.4 is 5.32 Å². The van der Waals surface area contributed by atoms with Gasteiger partial charge in [0.05, 0.1) is 10.4 Å². The fraction of sp³-hybridized carbons (Fsp3) is 0.150. The molecule has 0 saturated heterocycles. The molecule has 1 aliphatic heterocycles. The van der Waals surface area contributed by atoms with Crippen molar-refractivity contribution in [3.63, 3.8) is 0 Å². The number of anilines is 1. The van der Waals surface area contributed by atoms with Crippen molar-refractivity contribution in [3.05, 3.63) is 87.6 Å². The Morgan fingerprint density at radius 1 is 1.04 bits per heavy atom. The molecular weight excluding hydrogens is 316 g/mol. The molecule has 3 aromatic rings. The van der Waals surface area contributed by atoms with Gasteiger partial charge in [0.2, 0.25) is 0 Å². The zero-order chi connectivity index (χ0) is 16.5. The minimum Gasteiger partial charge on any atom is -0.360 e. The van der Waals surface area contributed by atoms with Crippen LogP contribution in [-0.2, 0) is 6.54 Å². The van der Waals surface area contributed by atoms with Crippen molar-refractivity contribution in [3.8, 4) is 0 Å². The largest absolute Gasteiger partial charge is 0.360 e. The van der Waals surface area contributed by atoms with Crippen molar-refractivity contribution in [2.75, 3.05) is 5.32 Å². The lowest BCUT2D eigenvalue weighted by Gasteiger charge is -2.38. The number of aryl methyl sites for hydroxylation is 1. The van der Waals surface area contributed by atoms with E-state index in [1.54, 1.807) is 11.3 Å². The van der Waals surface area contributed by atoms with E-state index in [-0.39, 0.29) is 12.1 Å². The first-order valence-corrected chi connectivity index (χ1v) is 8.86. The summed E-state index contributed by atoms with van der Waals surface area (Å²) < 4.78 is 0. The Balaban J connectivity index is 1.77. The number of thiophene rings is 1. The second kappa shape index (κ2) is 6.13. The molecule has 1 unspecified atom stereocenters. The standard InChI is InChI=1S/C20H18N2OS/c1-14-11-12-24-18(14)19-21-17-10-6-5-9-16(17)20(23)22(19)13-15-7-3-2-4-8-15/h2-12,19,21H,13H2,1H3. The number of carbonyl (C=O) groups is 1. The van der Waals surface area contributed by atoms with Crippen LogP contribution in [0.1, 0.15) is 32.5 Å². The number of benzene rings is 2. The highest BCUT2D eigenvalue weighted by molar-refractivity contribution is 7.10. The molecule has 2 aromatic carbocycles. The normalized spacial score (nSPS) is 16.6. The zero-order valence-electron chi connectivity index (χ0n) is 13.4. The van der Waals surface area contributed by atoms with Crippen LogP contribution >= 0.6 is 11.3 Å². The predicted molar refractivity (Wildman–Crippen MR) is 98.2 cm³/mol. The van der Waals surface area contributed by atoms with Crippen molar-refractivity contribution in [2.45, 2.75) is 19.6 Å². The molecule has 0 fully saturated rings. The highest BCUT2D eigenvalue weighted by Gasteiger charge is 2.34. The minimum absolute atomic E-state index is 0.0750. The molecular formula is C20H18N2OS. The summed E-state index contributed by atoms with van der Waals surface area (Å²) in [6.07, 6.45) is -0.132. The number of hydrogen-bond donors (Lipinski definition) is 1. The van der Waals surface area contributed by atoms with E-state index in [9.17, 15) is 4.79 Å². The molecule has 1 atom stereocenters. The maximum atomic E-state index is 13.1. The van der Waals surface area contributed by atoms with Gasteiger partial charge in [-0.1, -0.05) is 42.5 Å². The summed E-state index contributed by atoms with van der Waals surface area (Å²) in [4.78, 5) is 16.2. The lowest BCUT2D eigenvalue weighted by molar-refractivity contribution is 0.0669. The van der Waals surface area contributed by atoms with Gasteiger partial charge in [-0.3, -0.25) is 4.79 Å². The van der Waals surface area contributed by atoms with Gasteiger partial charge in [-0.2, -0.15) is 0 Å². The molecule has 120 valence electrons. The van der Waals surface area contributed by atoms with Gasteiger partial charge in [-0.25, -0.2) is 0 Å². The Labute approximate surface area is 145 Å². The second-order valence-electron chi connectivity index (χ2n) is 5.98. The number of carbonyl (C=O) groups excluding carboxylic acids is 1. The van der Waals surface area contributed by atoms with Crippen LogP contribution in [0.5, 0.6) is 0 Å². The maximum absolute atomic E-state index is 13.1. The molecule has 0 aliphatic carbocycles. The van der Waals surface area contributed by atoms with Gasteiger partial charge in [0, 0.05) is 12.2 Å². The second-order valence-corrected chi connectivity index (χ2v) is 6.93. The number of rotatable bonds is 3. The van der Waals surface area contributed by atoms with Gasteiger partial charge in [-0.15, -0.1) is 11.3 Å². The topological polar surface area (TPSA) is 32.3 Å². The van der Waals surface area contributed by atoms with Crippen LogP contribution in [0.2, 0.25) is 0 Å². The average Bonchev–Trinajstić information content (AvgIpc) is 3.04. The van der Waals surface area contributed by atoms with E-state index >= 15 is 0 Å². The third kappa shape index (κ3) is 2.59. The summed E-state index contributed by atoms with van der Waals surface area (Å²) in [6, 6.07) is 20.0. The van der Waals surface area contributed by atoms with Gasteiger partial charge in [0.15, 0.2) is 0 Å². The molecule has 1 aromatic heterocycles. The summed E-state index contributed by atoms with van der Waals surface area (Å²) >= 11 is 1.69. The van der Waals surface area contributed by atoms with Crippen LogP contribution in [0.15, 0.2) is 66.0 Å². The third-order valence-corrected chi connectivity index (χ3v) is 5.44. The number of nitrogens with zero attached hydrogens (tertiary/aromatic N) is 1. The molecule has 1 N–H and O–H groups in total. The Hall–Kier alpha value is -2.59. The monoisotopic (exact) mass is 334 g/mol. The third-order valence-electron chi connectivity index (χ3n) is 4.37. The molecule has 1 amide bonds. The molecule has 0 saturated carbocycles. The number of amides is 1. The molecule has 0 spiro atoms. The zero-order valence-corrected chi connectivity index (χ0v) is 14.2. The van der Waals surface area contributed by atoms with Crippen molar-refractivity contribution in [2.24, 2.45) is 0 Å². The number of para-hydroxylation sites is 1. The fourth-order valence-electron chi connectivity index (χ4n) is 3.11. The number of nitrogens with one attached hydrogen (secondary N) is 1. The molecule has 3 nitrogen and oxygen atoms in total. The quantitative estimate of drug-likeness (QED) is 0.744. The molecule has 0 bridgehead atoms. The molecule has 0 radical (unpaired) electrons. The van der Waals surface area contributed by atoms with Crippen LogP contribution in [-0.4, -0.2) is 10.8 Å². The SMILES string of the molecule is Cc1ccsc1C1Nc2ccccc2C(=O)N1Cc1ccccc1. The van der Waals surface area contributed by atoms with Gasteiger partial charge < -0.3 is 10.2 Å². The van der Waals surface area contributed by atoms with E-state index in [0.29, 0.717) is 6.54 Å². The lowest BCUT2D eigenvalue weighted by Crippen LogP contribution is -2.42. The van der Waals surface area contributed by atoms with Crippen LogP contribution in [0, 0.1) is 6.92 Å². The van der Waals surface area contributed by atoms with Crippen LogP contribution in [0.25, 0.3) is 0 Å². The Morgan fingerprint density at radius 3 is 2.54 bits per heavy atom. The van der Waals surface area contributed by atoms with Crippen molar-refractivity contribution in [1.82, 2.24) is 4.90 Å². The van der Waals surface area contributed by atoms with Gasteiger partial charge in [0.1, 0.15) is 6.17 Å². The van der Waals surface area contributed by atoms with E-state index in [2.05, 4.69) is 35.8 Å². The Bertz CT molecular complexity index is 872. The predicted octanol–water partition coefficient (Wildman–Crippen LogP) is 4.82. The molecule has 1 aliphatic rings. The van der Waals surface area contributed by atoms with E-state index in [1.165, 1.54) is 10.4 Å². The van der Waals surface area contributed by atoms with E-state index < -0.39 is 0 Å². The summed E-state index contributed by atoms with van der Waals surface area (Å²) in [7, 11) is 0. The van der Waals surface area contributed by atoms with E-state index in [4.69, 9.17) is 0 Å². The summed E-state index contributed by atoms with van der Waals surface area (Å²) in [5, 5.41) is 5.64. The first-order valence-electron chi connectivity index (χ1n) is 7.98. The maximum Gasteiger partial charge on any atom is 0.258 e. The summed E-state index contributed by atoms with van der Waals surface area (Å²) in [6.45, 7) is 2.68. The highest BCUT2D eigenvalue weighted by Crippen LogP contribution is 2.37. The number of fused-ring (bicyclic) bond motifs is 1. The summed E-state index contributed by atoms with van der Waals surface area (Å²) in [5.74, 6) is 0.0750. The summed E-state index contributed by atoms with van der Waals surface area (Å²) in [5.41, 5.74) is 3.98. The first-order chi connectivity index (χ1) is 11.7. The molecule has 4 rings (SSSR count). The van der Waals surface area contributed by atoms with E-state index in [1.807, 2.05) is 47.4 Å². The van der Waals surface area contributed by atoms with Crippen molar-refractivity contribution >= 4 is 22.9 Å². The molecule has 4 heteroatoms. The minimum atomic E-state index is -0.132. The smallest absolute Gasteiger partial charge is 0.258 e. The first kappa shape index (κ1) is 15.0. The van der Waals surface area contributed by atoms with E-state index in [0.717, 1.165) is 16.8 Å². The average molecular weight is 334 g/mol. The van der Waals surface area contributed by atoms with Gasteiger partial charge in [0.25, 0.3) is 5.91 Å². The highest BCUT2D eigenvalue weighted by atomic mass is 32.1. The Kier molecular flexibility index (Phi) is 3.82. The Morgan fingerprint density at radius 2 is 1.79 bits per heavy atom. The van der Waals surface area contributed by atoms with Crippen LogP contribution in [0.3, 0.4) is 0 Å². The molecule has 24 heavy (non-hydrogen) atoms. The fourth-order valence-corrected chi connectivity index (χ4v) is 4.10. The van der Waals surface area contributed by atoms with Crippen LogP contribution in [0.4, 0.5) is 5.69 Å². The molecule has 2 heterocycles. The number of hydrogen-bond acceptors (Lipinski definition) is 3. The lowest BCUT2D eigenvalue weighted by atomic mass is 10.0.